The van der Waals surface area contributed by atoms with E-state index >= 15 is 0 Å². The van der Waals surface area contributed by atoms with Gasteiger partial charge in [-0.05, 0) is 30.5 Å². The molecule has 0 unspecified atom stereocenters. The Bertz CT molecular complexity index is 509. The first-order chi connectivity index (χ1) is 8.99. The molecule has 1 fully saturated rings. The first-order valence-corrected chi connectivity index (χ1v) is 6.14. The molecule has 7 heteroatoms. The number of nitrogens with one attached hydrogen (secondary N) is 1. The molecule has 102 valence electrons. The number of hydrazone groups is 1. The van der Waals surface area contributed by atoms with Crippen molar-refractivity contribution in [1.82, 2.24) is 0 Å². The molecule has 0 amide bonds. The van der Waals surface area contributed by atoms with Crippen molar-refractivity contribution in [2.45, 2.75) is 31.2 Å². The molecule has 0 bridgehead atoms. The molecule has 2 rings (SSSR count). The van der Waals surface area contributed by atoms with Gasteiger partial charge in [-0.2, -0.15) is 0 Å². The maximum atomic E-state index is 10.2. The largest absolute Gasteiger partial charge is 0.364 e. The maximum Gasteiger partial charge on any atom is 0.270 e. The summed E-state index contributed by atoms with van der Waals surface area (Å²) in [5.74, 6) is -0.250. The van der Waals surface area contributed by atoms with Gasteiger partial charge in [0.25, 0.3) is 5.96 Å². The van der Waals surface area contributed by atoms with Crippen LogP contribution in [0.4, 0.5) is 5.69 Å². The fraction of sp³-hybridized carbons (Fsp3) is 0.417. The summed E-state index contributed by atoms with van der Waals surface area (Å²) in [5.41, 5.74) is 13.1. The Kier molecular flexibility index (Phi) is 3.66. The Morgan fingerprint density at radius 3 is 2.74 bits per heavy atom. The molecule has 1 aliphatic carbocycles. The number of anilines is 1. The highest BCUT2D eigenvalue weighted by Gasteiger charge is 2.31. The lowest BCUT2D eigenvalue weighted by Gasteiger charge is -2.24. The molecule has 5 N–H and O–H groups in total. The van der Waals surface area contributed by atoms with Crippen molar-refractivity contribution in [2.24, 2.45) is 16.6 Å². The average molecular weight is 263 g/mol. The summed E-state index contributed by atoms with van der Waals surface area (Å²) in [6.07, 6.45) is 4.15. The van der Waals surface area contributed by atoms with Gasteiger partial charge in [0.05, 0.1) is 0 Å². The summed E-state index contributed by atoms with van der Waals surface area (Å²) in [6.45, 7) is 0. The molecular formula is C12H17N5O2. The van der Waals surface area contributed by atoms with Gasteiger partial charge in [0.2, 0.25) is 0 Å². The Labute approximate surface area is 110 Å². The minimum Gasteiger partial charge on any atom is -0.364 e. The van der Waals surface area contributed by atoms with Crippen LogP contribution in [-0.4, -0.2) is 11.0 Å². The molecule has 0 atom stereocenters. The number of rotatable bonds is 3. The number of nitro groups is 1. The van der Waals surface area contributed by atoms with Crippen molar-refractivity contribution in [2.75, 3.05) is 5.32 Å². The Morgan fingerprint density at radius 1 is 1.42 bits per heavy atom. The molecular weight excluding hydrogens is 246 g/mol. The second kappa shape index (κ2) is 5.23. The van der Waals surface area contributed by atoms with Crippen molar-refractivity contribution in [3.05, 3.63) is 39.9 Å². The van der Waals surface area contributed by atoms with Gasteiger partial charge in [-0.15, -0.1) is 0 Å². The van der Waals surface area contributed by atoms with E-state index in [0.717, 1.165) is 31.2 Å². The van der Waals surface area contributed by atoms with Gasteiger partial charge in [0.1, 0.15) is 5.10 Å². The average Bonchev–Trinajstić information content (AvgIpc) is 2.77. The van der Waals surface area contributed by atoms with E-state index in [0.29, 0.717) is 5.69 Å². The van der Waals surface area contributed by atoms with E-state index in [4.69, 9.17) is 11.5 Å². The van der Waals surface area contributed by atoms with E-state index in [2.05, 4.69) is 10.4 Å². The normalized spacial score (nSPS) is 18.3. The van der Waals surface area contributed by atoms with Crippen molar-refractivity contribution in [3.8, 4) is 0 Å². The molecule has 1 saturated carbocycles. The SMILES string of the molecule is NC(=N[N+](=O)[O-])Nc1cccc(C2(N)CCCC2)c1. The molecule has 1 aromatic carbocycles. The van der Waals surface area contributed by atoms with E-state index in [1.54, 1.807) is 6.07 Å². The zero-order chi connectivity index (χ0) is 13.9. The first kappa shape index (κ1) is 13.3. The van der Waals surface area contributed by atoms with E-state index < -0.39 is 5.03 Å². The van der Waals surface area contributed by atoms with Crippen LogP contribution in [0.25, 0.3) is 0 Å². The van der Waals surface area contributed by atoms with Crippen molar-refractivity contribution in [1.29, 1.82) is 0 Å². The molecule has 0 spiro atoms. The summed E-state index contributed by atoms with van der Waals surface area (Å²) in [5, 5.41) is 15.0. The van der Waals surface area contributed by atoms with Crippen molar-refractivity contribution < 1.29 is 5.03 Å². The summed E-state index contributed by atoms with van der Waals surface area (Å²) in [7, 11) is 0. The topological polar surface area (TPSA) is 120 Å². The van der Waals surface area contributed by atoms with E-state index in [-0.39, 0.29) is 11.5 Å². The molecule has 1 aliphatic rings. The third kappa shape index (κ3) is 3.19. The van der Waals surface area contributed by atoms with Crippen LogP contribution in [0.3, 0.4) is 0 Å². The number of nitrogens with zero attached hydrogens (tertiary/aromatic N) is 2. The molecule has 1 aromatic rings. The lowest BCUT2D eigenvalue weighted by molar-refractivity contribution is -0.485. The molecule has 0 aromatic heterocycles. The minimum absolute atomic E-state index is 0.250. The van der Waals surface area contributed by atoms with Gasteiger partial charge in [0, 0.05) is 11.2 Å². The van der Waals surface area contributed by atoms with Crippen LogP contribution in [0.15, 0.2) is 29.4 Å². The molecule has 19 heavy (non-hydrogen) atoms. The fourth-order valence-electron chi connectivity index (χ4n) is 2.46. The van der Waals surface area contributed by atoms with Crippen LogP contribution in [0.5, 0.6) is 0 Å². The quantitative estimate of drug-likeness (QED) is 0.329. The van der Waals surface area contributed by atoms with E-state index in [1.165, 1.54) is 0 Å². The third-order valence-electron chi connectivity index (χ3n) is 3.40. The highest BCUT2D eigenvalue weighted by molar-refractivity contribution is 5.91. The summed E-state index contributed by atoms with van der Waals surface area (Å²) < 4.78 is 0. The fourth-order valence-corrected chi connectivity index (χ4v) is 2.46. The third-order valence-corrected chi connectivity index (χ3v) is 3.40. The number of nitrogens with two attached hydrogens (primary N) is 2. The van der Waals surface area contributed by atoms with Crippen LogP contribution < -0.4 is 16.8 Å². The monoisotopic (exact) mass is 263 g/mol. The maximum absolute atomic E-state index is 10.2. The van der Waals surface area contributed by atoms with Gasteiger partial charge < -0.3 is 16.8 Å². The first-order valence-electron chi connectivity index (χ1n) is 6.14. The highest BCUT2D eigenvalue weighted by Crippen LogP contribution is 2.36. The van der Waals surface area contributed by atoms with Gasteiger partial charge in [0.15, 0.2) is 5.03 Å². The van der Waals surface area contributed by atoms with E-state index in [9.17, 15) is 10.1 Å². The second-order valence-electron chi connectivity index (χ2n) is 4.79. The Balaban J connectivity index is 2.18. The summed E-state index contributed by atoms with van der Waals surface area (Å²) in [4.78, 5) is 10.2. The lowest BCUT2D eigenvalue weighted by Crippen LogP contribution is -2.33. The molecule has 0 heterocycles. The minimum atomic E-state index is -0.840. The van der Waals surface area contributed by atoms with Gasteiger partial charge in [-0.1, -0.05) is 25.0 Å². The molecule has 0 aliphatic heterocycles. The van der Waals surface area contributed by atoms with Crippen LogP contribution in [0, 0.1) is 10.1 Å². The standard InChI is InChI=1S/C12H17N5O2/c13-11(16-17(18)19)15-10-5-3-4-9(8-10)12(14)6-1-2-7-12/h3-5,8H,1-2,6-7,14H2,(H3,13,15,16). The van der Waals surface area contributed by atoms with Crippen LogP contribution in [0.1, 0.15) is 31.2 Å². The predicted octanol–water partition coefficient (Wildman–Crippen LogP) is 1.33. The van der Waals surface area contributed by atoms with Gasteiger partial charge >= 0.3 is 0 Å². The van der Waals surface area contributed by atoms with Gasteiger partial charge in [-0.3, -0.25) is 0 Å². The molecule has 0 radical (unpaired) electrons. The molecule has 0 saturated heterocycles. The Morgan fingerprint density at radius 2 is 2.11 bits per heavy atom. The number of guanidine groups is 1. The van der Waals surface area contributed by atoms with Gasteiger partial charge in [-0.25, -0.2) is 10.1 Å². The van der Waals surface area contributed by atoms with E-state index in [1.807, 2.05) is 18.2 Å². The van der Waals surface area contributed by atoms with Crippen molar-refractivity contribution >= 4 is 11.6 Å². The smallest absolute Gasteiger partial charge is 0.270 e. The van der Waals surface area contributed by atoms with Crippen molar-refractivity contribution in [3.63, 3.8) is 0 Å². The molecule has 7 nitrogen and oxygen atoms in total. The zero-order valence-corrected chi connectivity index (χ0v) is 10.5. The lowest BCUT2D eigenvalue weighted by atomic mass is 9.89. The van der Waals surface area contributed by atoms with Crippen LogP contribution in [-0.2, 0) is 5.54 Å². The highest BCUT2D eigenvalue weighted by atomic mass is 16.7. The van der Waals surface area contributed by atoms with Crippen LogP contribution >= 0.6 is 0 Å². The number of hydrogen-bond acceptors (Lipinski definition) is 3. The van der Waals surface area contributed by atoms with Crippen LogP contribution in [0.2, 0.25) is 0 Å². The second-order valence-corrected chi connectivity index (χ2v) is 4.79. The zero-order valence-electron chi connectivity index (χ0n) is 10.5. The number of benzene rings is 1. The summed E-state index contributed by atoms with van der Waals surface area (Å²) >= 11 is 0. The number of hydrogen-bond donors (Lipinski definition) is 3. The Hall–Kier alpha value is -2.15. The summed E-state index contributed by atoms with van der Waals surface area (Å²) in [6, 6.07) is 7.46. The predicted molar refractivity (Wildman–Crippen MR) is 73.0 cm³/mol.